The van der Waals surface area contributed by atoms with Gasteiger partial charge in [0.25, 0.3) is 0 Å². The zero-order valence-corrected chi connectivity index (χ0v) is 7.46. The summed E-state index contributed by atoms with van der Waals surface area (Å²) in [5.74, 6) is -0.806. The number of ether oxygens (including phenoxy) is 1. The average molecular weight is 170 g/mol. The summed E-state index contributed by atoms with van der Waals surface area (Å²) in [5.41, 5.74) is 1.52. The maximum atomic E-state index is 10.5. The third kappa shape index (κ3) is 1.85. The minimum absolute atomic E-state index is 0.263. The van der Waals surface area contributed by atoms with Crippen LogP contribution in [0.25, 0.3) is 0 Å². The van der Waals surface area contributed by atoms with E-state index < -0.39 is 5.97 Å². The van der Waals surface area contributed by atoms with E-state index in [-0.39, 0.29) is 6.10 Å². The first-order chi connectivity index (χ1) is 5.65. The number of hydrogen-bond donors (Lipinski definition) is 1. The smallest absolute Gasteiger partial charge is 0.331 e. The van der Waals surface area contributed by atoms with Crippen LogP contribution in [0, 0.1) is 0 Å². The summed E-state index contributed by atoms with van der Waals surface area (Å²) in [4.78, 5) is 10.5. The molecule has 1 aliphatic carbocycles. The highest BCUT2D eigenvalue weighted by atomic mass is 16.5. The van der Waals surface area contributed by atoms with Crippen molar-refractivity contribution in [3.63, 3.8) is 0 Å². The molecule has 3 heteroatoms. The molecule has 0 amide bonds. The molecule has 0 saturated heterocycles. The van der Waals surface area contributed by atoms with Crippen LogP contribution in [0.3, 0.4) is 0 Å². The summed E-state index contributed by atoms with van der Waals surface area (Å²) >= 11 is 0. The first-order valence-corrected chi connectivity index (χ1v) is 4.18. The Balaban J connectivity index is 2.42. The molecular formula is C9H14O3. The fraction of sp³-hybridized carbons (Fsp3) is 0.667. The van der Waals surface area contributed by atoms with Crippen molar-refractivity contribution in [3.05, 3.63) is 11.1 Å². The topological polar surface area (TPSA) is 46.5 Å². The number of carboxylic acid groups (broad SMARTS) is 1. The molecule has 68 valence electrons. The van der Waals surface area contributed by atoms with Gasteiger partial charge in [0.2, 0.25) is 0 Å². The summed E-state index contributed by atoms with van der Waals surface area (Å²) in [6, 6.07) is 0. The molecule has 0 unspecified atom stereocenters. The number of rotatable bonds is 3. The van der Waals surface area contributed by atoms with Crippen molar-refractivity contribution >= 4 is 5.97 Å². The molecule has 1 rings (SSSR count). The molecular weight excluding hydrogens is 156 g/mol. The number of carboxylic acids is 1. The van der Waals surface area contributed by atoms with E-state index in [0.29, 0.717) is 12.2 Å². The molecule has 0 aromatic heterocycles. The highest BCUT2D eigenvalue weighted by molar-refractivity contribution is 5.87. The predicted molar refractivity (Wildman–Crippen MR) is 45.0 cm³/mol. The molecule has 0 bridgehead atoms. The lowest BCUT2D eigenvalue weighted by molar-refractivity contribution is -0.132. The fourth-order valence-corrected chi connectivity index (χ4v) is 1.30. The Hall–Kier alpha value is -0.830. The Morgan fingerprint density at radius 2 is 2.25 bits per heavy atom. The molecule has 0 atom stereocenters. The Morgan fingerprint density at radius 1 is 1.67 bits per heavy atom. The second-order valence-electron chi connectivity index (χ2n) is 3.02. The Morgan fingerprint density at radius 3 is 2.67 bits per heavy atom. The molecule has 0 heterocycles. The van der Waals surface area contributed by atoms with Gasteiger partial charge in [-0.15, -0.1) is 0 Å². The highest BCUT2D eigenvalue weighted by Gasteiger charge is 2.26. The summed E-state index contributed by atoms with van der Waals surface area (Å²) < 4.78 is 5.31. The van der Waals surface area contributed by atoms with Gasteiger partial charge in [0.05, 0.1) is 6.10 Å². The number of hydrogen-bond acceptors (Lipinski definition) is 2. The van der Waals surface area contributed by atoms with Crippen LogP contribution in [0.4, 0.5) is 0 Å². The van der Waals surface area contributed by atoms with Gasteiger partial charge in [-0.25, -0.2) is 4.79 Å². The van der Waals surface area contributed by atoms with Gasteiger partial charge in [0.15, 0.2) is 0 Å². The van der Waals surface area contributed by atoms with Crippen LogP contribution in [0.15, 0.2) is 11.1 Å². The molecule has 1 aliphatic rings. The number of carbonyl (C=O) groups is 1. The van der Waals surface area contributed by atoms with Crippen molar-refractivity contribution in [1.82, 2.24) is 0 Å². The van der Waals surface area contributed by atoms with Crippen LogP contribution in [0.1, 0.15) is 26.7 Å². The lowest BCUT2D eigenvalue weighted by Gasteiger charge is -2.29. The van der Waals surface area contributed by atoms with Crippen molar-refractivity contribution in [3.8, 4) is 0 Å². The van der Waals surface area contributed by atoms with Crippen molar-refractivity contribution in [1.29, 1.82) is 0 Å². The first kappa shape index (κ1) is 9.26. The van der Waals surface area contributed by atoms with E-state index in [1.54, 1.807) is 6.92 Å². The van der Waals surface area contributed by atoms with Gasteiger partial charge in [0, 0.05) is 12.2 Å². The second kappa shape index (κ2) is 3.72. The van der Waals surface area contributed by atoms with E-state index in [0.717, 1.165) is 18.4 Å². The third-order valence-electron chi connectivity index (χ3n) is 2.20. The quantitative estimate of drug-likeness (QED) is 0.654. The summed E-state index contributed by atoms with van der Waals surface area (Å²) in [6.07, 6.45) is 1.86. The molecule has 1 saturated carbocycles. The molecule has 0 radical (unpaired) electrons. The van der Waals surface area contributed by atoms with Crippen LogP contribution < -0.4 is 0 Å². The van der Waals surface area contributed by atoms with Gasteiger partial charge in [-0.1, -0.05) is 5.57 Å². The minimum Gasteiger partial charge on any atom is -0.478 e. The van der Waals surface area contributed by atoms with Crippen LogP contribution in [-0.4, -0.2) is 23.8 Å². The Labute approximate surface area is 72.0 Å². The molecule has 0 spiro atoms. The summed E-state index contributed by atoms with van der Waals surface area (Å²) in [7, 11) is 0. The highest BCUT2D eigenvalue weighted by Crippen LogP contribution is 2.31. The van der Waals surface area contributed by atoms with Crippen LogP contribution in [0.2, 0.25) is 0 Å². The second-order valence-corrected chi connectivity index (χ2v) is 3.02. The molecule has 12 heavy (non-hydrogen) atoms. The standard InChI is InChI=1S/C9H14O3/c1-3-12-8-4-7(5-8)6(2)9(10)11/h8H,3-5H2,1-2H3,(H,10,11). The van der Waals surface area contributed by atoms with Crippen LogP contribution >= 0.6 is 0 Å². The maximum Gasteiger partial charge on any atom is 0.331 e. The first-order valence-electron chi connectivity index (χ1n) is 4.18. The summed E-state index contributed by atoms with van der Waals surface area (Å²) in [6.45, 7) is 4.32. The zero-order valence-electron chi connectivity index (χ0n) is 7.46. The van der Waals surface area contributed by atoms with Gasteiger partial charge in [-0.2, -0.15) is 0 Å². The molecule has 1 fully saturated rings. The van der Waals surface area contributed by atoms with E-state index in [1.807, 2.05) is 6.92 Å². The van der Waals surface area contributed by atoms with E-state index in [9.17, 15) is 4.79 Å². The largest absolute Gasteiger partial charge is 0.478 e. The number of aliphatic carboxylic acids is 1. The maximum absolute atomic E-state index is 10.5. The van der Waals surface area contributed by atoms with E-state index in [2.05, 4.69) is 0 Å². The van der Waals surface area contributed by atoms with Crippen molar-refractivity contribution < 1.29 is 14.6 Å². The normalized spacial score (nSPS) is 21.8. The van der Waals surface area contributed by atoms with Gasteiger partial charge >= 0.3 is 5.97 Å². The fourth-order valence-electron chi connectivity index (χ4n) is 1.30. The van der Waals surface area contributed by atoms with Crippen LogP contribution in [0.5, 0.6) is 0 Å². The van der Waals surface area contributed by atoms with Crippen molar-refractivity contribution in [2.75, 3.05) is 6.61 Å². The monoisotopic (exact) mass is 170 g/mol. The third-order valence-corrected chi connectivity index (χ3v) is 2.20. The van der Waals surface area contributed by atoms with E-state index in [1.165, 1.54) is 0 Å². The predicted octanol–water partition coefficient (Wildman–Crippen LogP) is 1.59. The van der Waals surface area contributed by atoms with Crippen molar-refractivity contribution in [2.45, 2.75) is 32.8 Å². The lowest BCUT2D eigenvalue weighted by atomic mass is 9.85. The van der Waals surface area contributed by atoms with Gasteiger partial charge in [0.1, 0.15) is 0 Å². The molecule has 0 aromatic carbocycles. The van der Waals surface area contributed by atoms with Crippen molar-refractivity contribution in [2.24, 2.45) is 0 Å². The average Bonchev–Trinajstić information content (AvgIpc) is 1.94. The van der Waals surface area contributed by atoms with Gasteiger partial charge in [-0.05, 0) is 26.7 Å². The molecule has 0 aromatic rings. The Kier molecular flexibility index (Phi) is 2.87. The molecule has 1 N–H and O–H groups in total. The minimum atomic E-state index is -0.806. The van der Waals surface area contributed by atoms with E-state index >= 15 is 0 Å². The Bertz CT molecular complexity index is 210. The molecule has 0 aliphatic heterocycles. The van der Waals surface area contributed by atoms with Gasteiger partial charge < -0.3 is 9.84 Å². The lowest BCUT2D eigenvalue weighted by Crippen LogP contribution is -2.26. The summed E-state index contributed by atoms with van der Waals surface area (Å²) in [5, 5.41) is 8.63. The zero-order chi connectivity index (χ0) is 9.14. The SMILES string of the molecule is CCOC1CC(=C(C)C(=O)O)C1. The van der Waals surface area contributed by atoms with Gasteiger partial charge in [-0.3, -0.25) is 0 Å². The van der Waals surface area contributed by atoms with E-state index in [4.69, 9.17) is 9.84 Å². The van der Waals surface area contributed by atoms with Crippen LogP contribution in [-0.2, 0) is 9.53 Å². The molecule has 3 nitrogen and oxygen atoms in total.